The number of aryl methyl sites for hydroxylation is 1. The predicted octanol–water partition coefficient (Wildman–Crippen LogP) is 2.20. The van der Waals surface area contributed by atoms with Crippen molar-refractivity contribution in [3.05, 3.63) is 41.6 Å². The van der Waals surface area contributed by atoms with Crippen LogP contribution < -0.4 is 20.7 Å². The van der Waals surface area contributed by atoms with Gasteiger partial charge in [0, 0.05) is 24.9 Å². The van der Waals surface area contributed by atoms with Crippen molar-refractivity contribution < 1.29 is 9.53 Å². The maximum Gasteiger partial charge on any atom is 0.256 e. The van der Waals surface area contributed by atoms with E-state index < -0.39 is 0 Å². The van der Waals surface area contributed by atoms with Crippen LogP contribution in [-0.2, 0) is 6.42 Å². The van der Waals surface area contributed by atoms with Crippen molar-refractivity contribution in [1.29, 1.82) is 0 Å². The first-order chi connectivity index (χ1) is 12.7. The van der Waals surface area contributed by atoms with Crippen LogP contribution in [0.2, 0.25) is 0 Å². The molecule has 0 radical (unpaired) electrons. The Morgan fingerprint density at radius 2 is 2.23 bits per heavy atom. The second kappa shape index (κ2) is 6.55. The first kappa shape index (κ1) is 16.2. The third kappa shape index (κ3) is 2.79. The zero-order valence-corrected chi connectivity index (χ0v) is 14.7. The molecule has 0 atom stereocenters. The molecule has 1 aliphatic heterocycles. The molecule has 1 aromatic carbocycles. The lowest BCUT2D eigenvalue weighted by molar-refractivity contribution is 0.0948. The molecule has 4 rings (SSSR count). The number of fused-ring (bicyclic) bond motifs is 3. The number of hydrogen-bond donors (Lipinski definition) is 3. The van der Waals surface area contributed by atoms with Gasteiger partial charge in [-0.2, -0.15) is 9.61 Å². The minimum atomic E-state index is -0.225. The molecule has 0 saturated carbocycles. The van der Waals surface area contributed by atoms with Crippen LogP contribution in [0.1, 0.15) is 22.8 Å². The summed E-state index contributed by atoms with van der Waals surface area (Å²) < 4.78 is 7.49. The maximum absolute atomic E-state index is 12.5. The van der Waals surface area contributed by atoms with Gasteiger partial charge in [0.1, 0.15) is 29.6 Å². The number of ether oxygens (including phenoxy) is 1. The summed E-state index contributed by atoms with van der Waals surface area (Å²) in [5, 5.41) is 13.5. The van der Waals surface area contributed by atoms with Crippen LogP contribution in [0.3, 0.4) is 0 Å². The van der Waals surface area contributed by atoms with Gasteiger partial charge in [-0.25, -0.2) is 4.98 Å². The Hall–Kier alpha value is -3.29. The molecular weight excluding hydrogens is 332 g/mol. The highest BCUT2D eigenvalue weighted by atomic mass is 16.5. The van der Waals surface area contributed by atoms with Crippen molar-refractivity contribution in [1.82, 2.24) is 19.9 Å². The summed E-state index contributed by atoms with van der Waals surface area (Å²) >= 11 is 0. The fraction of sp³-hybridized carbons (Fsp3) is 0.278. The van der Waals surface area contributed by atoms with E-state index in [2.05, 4.69) is 33.0 Å². The fourth-order valence-electron chi connectivity index (χ4n) is 2.99. The van der Waals surface area contributed by atoms with Gasteiger partial charge < -0.3 is 20.7 Å². The number of nitrogens with one attached hydrogen (secondary N) is 3. The Bertz CT molecular complexity index is 981. The van der Waals surface area contributed by atoms with Crippen LogP contribution in [0, 0.1) is 0 Å². The van der Waals surface area contributed by atoms with Crippen molar-refractivity contribution in [2.45, 2.75) is 13.3 Å². The van der Waals surface area contributed by atoms with Gasteiger partial charge in [0.25, 0.3) is 5.91 Å². The van der Waals surface area contributed by atoms with Gasteiger partial charge in [-0.1, -0.05) is 13.0 Å². The van der Waals surface area contributed by atoms with E-state index in [9.17, 15) is 4.79 Å². The molecule has 4 bridgehead atoms. The van der Waals surface area contributed by atoms with E-state index in [0.717, 1.165) is 29.2 Å². The second-order valence-corrected chi connectivity index (χ2v) is 5.98. The summed E-state index contributed by atoms with van der Waals surface area (Å²) in [4.78, 5) is 17.1. The smallest absolute Gasteiger partial charge is 0.256 e. The van der Waals surface area contributed by atoms with Crippen molar-refractivity contribution in [3.63, 3.8) is 0 Å². The third-order valence-electron chi connectivity index (χ3n) is 4.34. The highest BCUT2D eigenvalue weighted by Crippen LogP contribution is 2.27. The van der Waals surface area contributed by atoms with E-state index in [1.807, 2.05) is 24.3 Å². The van der Waals surface area contributed by atoms with Crippen LogP contribution in [-0.4, -0.2) is 40.7 Å². The van der Waals surface area contributed by atoms with E-state index in [1.54, 1.807) is 11.6 Å². The normalized spacial score (nSPS) is 13.8. The highest BCUT2D eigenvalue weighted by Gasteiger charge is 2.17. The summed E-state index contributed by atoms with van der Waals surface area (Å²) in [5.41, 5.74) is 2.90. The van der Waals surface area contributed by atoms with Crippen LogP contribution in [0.5, 0.6) is 5.75 Å². The molecule has 8 heteroatoms. The predicted molar refractivity (Wildman–Crippen MR) is 99.5 cm³/mol. The molecular formula is C18H20N6O2. The van der Waals surface area contributed by atoms with E-state index in [1.165, 1.54) is 6.20 Å². The van der Waals surface area contributed by atoms with Crippen LogP contribution in [0.4, 0.5) is 17.3 Å². The molecule has 26 heavy (non-hydrogen) atoms. The number of hydrogen-bond acceptors (Lipinski definition) is 6. The Morgan fingerprint density at radius 1 is 1.35 bits per heavy atom. The van der Waals surface area contributed by atoms with E-state index >= 15 is 0 Å². The number of amides is 1. The topological polar surface area (TPSA) is 92.6 Å². The molecule has 0 spiro atoms. The zero-order chi connectivity index (χ0) is 18.1. The zero-order valence-electron chi connectivity index (χ0n) is 14.7. The third-order valence-corrected chi connectivity index (χ3v) is 4.34. The molecule has 3 aromatic rings. The number of carbonyl (C=O) groups is 1. The van der Waals surface area contributed by atoms with Gasteiger partial charge in [-0.3, -0.25) is 4.79 Å². The summed E-state index contributed by atoms with van der Waals surface area (Å²) in [6.45, 7) is 2.87. The molecule has 0 fully saturated rings. The second-order valence-electron chi connectivity index (χ2n) is 5.98. The lowest BCUT2D eigenvalue weighted by atomic mass is 10.1. The van der Waals surface area contributed by atoms with Crippen molar-refractivity contribution in [2.24, 2.45) is 0 Å². The maximum atomic E-state index is 12.5. The molecule has 3 heterocycles. The van der Waals surface area contributed by atoms with Gasteiger partial charge in [0.15, 0.2) is 5.65 Å². The van der Waals surface area contributed by atoms with Crippen LogP contribution in [0.15, 0.2) is 30.5 Å². The van der Waals surface area contributed by atoms with Crippen molar-refractivity contribution in [2.75, 3.05) is 30.8 Å². The van der Waals surface area contributed by atoms with E-state index in [4.69, 9.17) is 4.74 Å². The van der Waals surface area contributed by atoms with Crippen molar-refractivity contribution >= 4 is 28.9 Å². The summed E-state index contributed by atoms with van der Waals surface area (Å²) in [6, 6.07) is 7.84. The first-order valence-corrected chi connectivity index (χ1v) is 8.57. The van der Waals surface area contributed by atoms with Gasteiger partial charge in [0.05, 0.1) is 12.7 Å². The monoisotopic (exact) mass is 352 g/mol. The molecule has 1 amide bonds. The van der Waals surface area contributed by atoms with Crippen molar-refractivity contribution in [3.8, 4) is 5.75 Å². The molecule has 0 aliphatic carbocycles. The quantitative estimate of drug-likeness (QED) is 0.655. The summed E-state index contributed by atoms with van der Waals surface area (Å²) in [6.07, 6.45) is 2.39. The minimum absolute atomic E-state index is 0.225. The first-order valence-electron chi connectivity index (χ1n) is 8.57. The largest absolute Gasteiger partial charge is 0.491 e. The SMILES string of the molecule is CCc1ccc2cc1OCCNC(=O)c1cnn3c(NC)cc(nc13)N2. The van der Waals surface area contributed by atoms with Gasteiger partial charge >= 0.3 is 0 Å². The highest BCUT2D eigenvalue weighted by molar-refractivity contribution is 6.00. The Balaban J connectivity index is 1.86. The van der Waals surface area contributed by atoms with Gasteiger partial charge in [-0.15, -0.1) is 0 Å². The van der Waals surface area contributed by atoms with E-state index in [0.29, 0.717) is 30.2 Å². The average Bonchev–Trinajstić information content (AvgIpc) is 3.08. The number of anilines is 3. The Labute approximate surface area is 150 Å². The van der Waals surface area contributed by atoms with Gasteiger partial charge in [0.2, 0.25) is 0 Å². The Morgan fingerprint density at radius 3 is 3.04 bits per heavy atom. The number of benzene rings is 1. The molecule has 2 aromatic heterocycles. The fourth-order valence-corrected chi connectivity index (χ4v) is 2.99. The number of aromatic nitrogens is 3. The summed E-state index contributed by atoms with van der Waals surface area (Å²) in [7, 11) is 1.80. The molecule has 3 N–H and O–H groups in total. The minimum Gasteiger partial charge on any atom is -0.491 e. The molecule has 134 valence electrons. The van der Waals surface area contributed by atoms with Crippen LogP contribution in [0.25, 0.3) is 5.65 Å². The Kier molecular flexibility index (Phi) is 4.08. The molecule has 0 saturated heterocycles. The lowest BCUT2D eigenvalue weighted by Gasteiger charge is -2.13. The molecule has 1 aliphatic rings. The average molecular weight is 352 g/mol. The molecule has 8 nitrogen and oxygen atoms in total. The number of carbonyl (C=O) groups excluding carboxylic acids is 1. The standard InChI is InChI=1S/C18H20N6O2/c1-3-11-4-5-12-8-14(11)26-7-6-20-18(25)13-10-21-24-16(19-2)9-15(22-12)23-17(13)24/h4-5,8-10,19H,3,6-7H2,1-2H3,(H,20,25)(H,22,23). The number of nitrogens with zero attached hydrogens (tertiary/aromatic N) is 3. The summed E-state index contributed by atoms with van der Waals surface area (Å²) in [5.74, 6) is 1.93. The van der Waals surface area contributed by atoms with E-state index in [-0.39, 0.29) is 5.91 Å². The van der Waals surface area contributed by atoms with Gasteiger partial charge in [-0.05, 0) is 18.1 Å². The molecule has 0 unspecified atom stereocenters. The number of rotatable bonds is 2. The lowest BCUT2D eigenvalue weighted by Crippen LogP contribution is -2.28. The van der Waals surface area contributed by atoms with Crippen LogP contribution >= 0.6 is 0 Å².